The molecule has 0 heterocycles. The van der Waals surface area contributed by atoms with Crippen molar-refractivity contribution in [2.24, 2.45) is 0 Å². The highest BCUT2D eigenvalue weighted by Crippen LogP contribution is 2.30. The van der Waals surface area contributed by atoms with Gasteiger partial charge in [0.15, 0.2) is 0 Å². The lowest BCUT2D eigenvalue weighted by molar-refractivity contribution is 0.395. The van der Waals surface area contributed by atoms with Crippen LogP contribution in [0.2, 0.25) is 10.0 Å². The highest BCUT2D eigenvalue weighted by atomic mass is 35.5. The van der Waals surface area contributed by atoms with Gasteiger partial charge in [-0.25, -0.2) is 0 Å². The van der Waals surface area contributed by atoms with Crippen molar-refractivity contribution in [1.29, 1.82) is 0 Å². The van der Waals surface area contributed by atoms with Gasteiger partial charge in [-0.2, -0.15) is 0 Å². The van der Waals surface area contributed by atoms with E-state index in [9.17, 15) is 0 Å². The Kier molecular flexibility index (Phi) is 4.99. The van der Waals surface area contributed by atoms with Crippen molar-refractivity contribution in [2.75, 3.05) is 19.5 Å². The van der Waals surface area contributed by atoms with Crippen LogP contribution in [0.15, 0.2) is 36.4 Å². The summed E-state index contributed by atoms with van der Waals surface area (Å²) in [5, 5.41) is 4.61. The molecule has 0 atom stereocenters. The minimum Gasteiger partial charge on any atom is -0.497 e. The number of halogens is 2. The summed E-state index contributed by atoms with van der Waals surface area (Å²) in [6, 6.07) is 11.0. The third-order valence-electron chi connectivity index (χ3n) is 2.89. The lowest BCUT2D eigenvalue weighted by Crippen LogP contribution is -2.02. The van der Waals surface area contributed by atoms with E-state index in [-0.39, 0.29) is 0 Å². The van der Waals surface area contributed by atoms with Gasteiger partial charge in [-0.15, -0.1) is 0 Å². The molecule has 5 heteroatoms. The Morgan fingerprint density at radius 3 is 2.50 bits per heavy atom. The Morgan fingerprint density at radius 2 is 1.80 bits per heavy atom. The second kappa shape index (κ2) is 6.73. The van der Waals surface area contributed by atoms with E-state index in [1.54, 1.807) is 26.4 Å². The largest absolute Gasteiger partial charge is 0.497 e. The van der Waals surface area contributed by atoms with Crippen molar-refractivity contribution in [3.8, 4) is 11.5 Å². The second-order valence-electron chi connectivity index (χ2n) is 4.16. The molecule has 3 nitrogen and oxygen atoms in total. The van der Waals surface area contributed by atoms with Crippen LogP contribution < -0.4 is 14.8 Å². The average molecular weight is 312 g/mol. The van der Waals surface area contributed by atoms with Gasteiger partial charge in [0, 0.05) is 22.7 Å². The summed E-state index contributed by atoms with van der Waals surface area (Å²) < 4.78 is 10.5. The number of hydrogen-bond acceptors (Lipinski definition) is 3. The van der Waals surface area contributed by atoms with Crippen LogP contribution in [-0.4, -0.2) is 14.2 Å². The van der Waals surface area contributed by atoms with Gasteiger partial charge in [-0.3, -0.25) is 0 Å². The molecule has 2 aromatic carbocycles. The summed E-state index contributed by atoms with van der Waals surface area (Å²) in [6.07, 6.45) is 0. The highest BCUT2D eigenvalue weighted by molar-refractivity contribution is 6.33. The summed E-state index contributed by atoms with van der Waals surface area (Å²) in [4.78, 5) is 0. The van der Waals surface area contributed by atoms with Crippen molar-refractivity contribution >= 4 is 28.9 Å². The zero-order valence-electron chi connectivity index (χ0n) is 11.2. The number of hydrogen-bond donors (Lipinski definition) is 1. The predicted molar refractivity (Wildman–Crippen MR) is 83.3 cm³/mol. The minimum atomic E-state index is 0.558. The summed E-state index contributed by atoms with van der Waals surface area (Å²) in [7, 11) is 3.24. The molecule has 0 saturated heterocycles. The molecular weight excluding hydrogens is 297 g/mol. The molecule has 0 fully saturated rings. The number of methoxy groups -OCH3 is 2. The van der Waals surface area contributed by atoms with E-state index in [1.165, 1.54) is 0 Å². The minimum absolute atomic E-state index is 0.558. The van der Waals surface area contributed by atoms with Crippen molar-refractivity contribution in [2.45, 2.75) is 6.54 Å². The third kappa shape index (κ3) is 3.50. The number of benzene rings is 2. The topological polar surface area (TPSA) is 30.5 Å². The molecule has 0 spiro atoms. The normalized spacial score (nSPS) is 10.2. The van der Waals surface area contributed by atoms with E-state index in [0.29, 0.717) is 22.3 Å². The van der Waals surface area contributed by atoms with Crippen molar-refractivity contribution in [3.63, 3.8) is 0 Å². The molecule has 0 bridgehead atoms. The molecular formula is C15H15Cl2NO2. The van der Waals surface area contributed by atoms with Crippen LogP contribution in [0.4, 0.5) is 5.69 Å². The van der Waals surface area contributed by atoms with Gasteiger partial charge in [0.1, 0.15) is 11.5 Å². The Balaban J connectivity index is 2.16. The second-order valence-corrected chi connectivity index (χ2v) is 5.00. The first-order chi connectivity index (χ1) is 9.63. The fourth-order valence-corrected chi connectivity index (χ4v) is 2.19. The van der Waals surface area contributed by atoms with Crippen LogP contribution in [0.1, 0.15) is 5.56 Å². The Labute approximate surface area is 128 Å². The number of nitrogens with one attached hydrogen (secondary N) is 1. The zero-order chi connectivity index (χ0) is 14.5. The van der Waals surface area contributed by atoms with Gasteiger partial charge >= 0.3 is 0 Å². The van der Waals surface area contributed by atoms with E-state index >= 15 is 0 Å². The van der Waals surface area contributed by atoms with E-state index in [1.807, 2.05) is 24.3 Å². The molecule has 0 amide bonds. The highest BCUT2D eigenvalue weighted by Gasteiger charge is 2.06. The molecule has 2 rings (SSSR count). The SMILES string of the molecule is COc1ccc(NCc2cc(Cl)ccc2Cl)c(OC)c1. The maximum Gasteiger partial charge on any atom is 0.145 e. The van der Waals surface area contributed by atoms with E-state index in [2.05, 4.69) is 5.32 Å². The quantitative estimate of drug-likeness (QED) is 0.873. The predicted octanol–water partition coefficient (Wildman–Crippen LogP) is 4.62. The van der Waals surface area contributed by atoms with Crippen LogP contribution in [-0.2, 0) is 6.54 Å². The van der Waals surface area contributed by atoms with Gasteiger partial charge in [0.2, 0.25) is 0 Å². The van der Waals surface area contributed by atoms with Crippen molar-refractivity contribution < 1.29 is 9.47 Å². The van der Waals surface area contributed by atoms with Crippen LogP contribution in [0.3, 0.4) is 0 Å². The summed E-state index contributed by atoms with van der Waals surface area (Å²) >= 11 is 12.1. The van der Waals surface area contributed by atoms with Gasteiger partial charge in [-0.05, 0) is 35.9 Å². The molecule has 0 aliphatic carbocycles. The van der Waals surface area contributed by atoms with Crippen LogP contribution >= 0.6 is 23.2 Å². The molecule has 0 aliphatic heterocycles. The molecule has 0 aromatic heterocycles. The van der Waals surface area contributed by atoms with Gasteiger partial charge in [-0.1, -0.05) is 23.2 Å². The monoisotopic (exact) mass is 311 g/mol. The van der Waals surface area contributed by atoms with Gasteiger partial charge in [0.25, 0.3) is 0 Å². The van der Waals surface area contributed by atoms with Crippen LogP contribution in [0, 0.1) is 0 Å². The molecule has 0 unspecified atom stereocenters. The fraction of sp³-hybridized carbons (Fsp3) is 0.200. The lowest BCUT2D eigenvalue weighted by atomic mass is 10.2. The summed E-state index contributed by atoms with van der Waals surface area (Å²) in [5.41, 5.74) is 1.79. The Bertz CT molecular complexity index is 602. The molecule has 0 saturated carbocycles. The third-order valence-corrected chi connectivity index (χ3v) is 3.49. The maximum atomic E-state index is 6.13. The molecule has 1 N–H and O–H groups in total. The molecule has 2 aromatic rings. The Hall–Kier alpha value is -1.58. The number of rotatable bonds is 5. The van der Waals surface area contributed by atoms with Crippen LogP contribution in [0.25, 0.3) is 0 Å². The summed E-state index contributed by atoms with van der Waals surface area (Å²) in [5.74, 6) is 1.45. The van der Waals surface area contributed by atoms with E-state index < -0.39 is 0 Å². The molecule has 0 aliphatic rings. The smallest absolute Gasteiger partial charge is 0.145 e. The number of ether oxygens (including phenoxy) is 2. The van der Waals surface area contributed by atoms with Gasteiger partial charge in [0.05, 0.1) is 19.9 Å². The lowest BCUT2D eigenvalue weighted by Gasteiger charge is -2.13. The number of anilines is 1. The molecule has 106 valence electrons. The standard InChI is InChI=1S/C15H15Cl2NO2/c1-19-12-4-6-14(15(8-12)20-2)18-9-10-7-11(16)3-5-13(10)17/h3-8,18H,9H2,1-2H3. The zero-order valence-corrected chi connectivity index (χ0v) is 12.8. The van der Waals surface area contributed by atoms with E-state index in [0.717, 1.165) is 17.0 Å². The first kappa shape index (κ1) is 14.8. The fourth-order valence-electron chi connectivity index (χ4n) is 1.81. The first-order valence-corrected chi connectivity index (χ1v) is 6.79. The van der Waals surface area contributed by atoms with E-state index in [4.69, 9.17) is 32.7 Å². The Morgan fingerprint density at radius 1 is 1.00 bits per heavy atom. The first-order valence-electron chi connectivity index (χ1n) is 6.04. The average Bonchev–Trinajstić information content (AvgIpc) is 2.48. The van der Waals surface area contributed by atoms with Crippen LogP contribution in [0.5, 0.6) is 11.5 Å². The summed E-state index contributed by atoms with van der Waals surface area (Å²) in [6.45, 7) is 0.558. The molecule has 20 heavy (non-hydrogen) atoms. The van der Waals surface area contributed by atoms with Crippen molar-refractivity contribution in [1.82, 2.24) is 0 Å². The molecule has 0 radical (unpaired) electrons. The van der Waals surface area contributed by atoms with Crippen molar-refractivity contribution in [3.05, 3.63) is 52.0 Å². The maximum absolute atomic E-state index is 6.13. The van der Waals surface area contributed by atoms with Gasteiger partial charge < -0.3 is 14.8 Å².